The van der Waals surface area contributed by atoms with Gasteiger partial charge in [0.15, 0.2) is 23.1 Å². The molecule has 1 aromatic carbocycles. The predicted octanol–water partition coefficient (Wildman–Crippen LogP) is 1.97. The van der Waals surface area contributed by atoms with Gasteiger partial charge in [-0.15, -0.1) is 0 Å². The van der Waals surface area contributed by atoms with Gasteiger partial charge in [0.25, 0.3) is 0 Å². The number of carboxylic acid groups (broad SMARTS) is 1. The van der Waals surface area contributed by atoms with E-state index in [2.05, 4.69) is 0 Å². The quantitative estimate of drug-likeness (QED) is 0.864. The molecule has 6 heteroatoms. The second kappa shape index (κ2) is 3.87. The molecule has 1 aromatic rings. The zero-order valence-corrected chi connectivity index (χ0v) is 9.00. The van der Waals surface area contributed by atoms with Gasteiger partial charge in [0.05, 0.1) is 0 Å². The summed E-state index contributed by atoms with van der Waals surface area (Å²) in [5.41, 5.74) is -1.54. The maximum atomic E-state index is 13.0. The van der Waals surface area contributed by atoms with E-state index in [-0.39, 0.29) is 24.5 Å². The van der Waals surface area contributed by atoms with Crippen LogP contribution in [0.4, 0.5) is 8.78 Å². The van der Waals surface area contributed by atoms with Gasteiger partial charge in [-0.2, -0.15) is 0 Å². The van der Waals surface area contributed by atoms with Crippen molar-refractivity contribution in [2.24, 2.45) is 0 Å². The number of aliphatic carboxylic acids is 1. The zero-order chi connectivity index (χ0) is 12.6. The first-order chi connectivity index (χ1) is 7.98. The molecule has 1 aliphatic heterocycles. The van der Waals surface area contributed by atoms with Crippen LogP contribution in [0, 0.1) is 11.6 Å². The lowest BCUT2D eigenvalue weighted by Crippen LogP contribution is -2.51. The summed E-state index contributed by atoms with van der Waals surface area (Å²) in [6.45, 7) is 1.37. The van der Waals surface area contributed by atoms with E-state index in [1.807, 2.05) is 0 Å². The topological polar surface area (TPSA) is 55.8 Å². The molecule has 0 saturated heterocycles. The van der Waals surface area contributed by atoms with E-state index in [0.717, 1.165) is 12.1 Å². The van der Waals surface area contributed by atoms with Crippen molar-refractivity contribution < 1.29 is 28.2 Å². The first-order valence-electron chi connectivity index (χ1n) is 5.03. The predicted molar refractivity (Wildman–Crippen MR) is 53.1 cm³/mol. The number of carbonyl (C=O) groups is 1. The summed E-state index contributed by atoms with van der Waals surface area (Å²) in [7, 11) is 0. The lowest BCUT2D eigenvalue weighted by Gasteiger charge is -2.34. The van der Waals surface area contributed by atoms with Crippen molar-refractivity contribution >= 4 is 5.97 Å². The molecule has 0 saturated carbocycles. The van der Waals surface area contributed by atoms with E-state index in [0.29, 0.717) is 0 Å². The van der Waals surface area contributed by atoms with Gasteiger partial charge in [-0.05, 0) is 6.42 Å². The molecule has 0 bridgehead atoms. The molecule has 92 valence electrons. The fraction of sp³-hybridized carbons (Fsp3) is 0.364. The highest BCUT2D eigenvalue weighted by Gasteiger charge is 2.44. The Morgan fingerprint density at radius 3 is 2.53 bits per heavy atom. The van der Waals surface area contributed by atoms with Crippen LogP contribution in [-0.4, -0.2) is 23.3 Å². The van der Waals surface area contributed by atoms with Crippen LogP contribution < -0.4 is 9.47 Å². The summed E-state index contributed by atoms with van der Waals surface area (Å²) in [6, 6.07) is 1.63. The normalized spacial score (nSPS) is 22.3. The van der Waals surface area contributed by atoms with Crippen LogP contribution in [0.15, 0.2) is 12.1 Å². The van der Waals surface area contributed by atoms with Gasteiger partial charge in [-0.1, -0.05) is 6.92 Å². The Morgan fingerprint density at radius 1 is 1.41 bits per heavy atom. The highest BCUT2D eigenvalue weighted by Crippen LogP contribution is 2.38. The molecule has 1 N–H and O–H groups in total. The number of halogens is 2. The molecule has 1 atom stereocenters. The Labute approximate surface area is 95.8 Å². The average molecular weight is 244 g/mol. The SMILES string of the molecule is CC[C@@]1(C(=O)O)COc2cc(F)c(F)cc2O1. The number of ether oxygens (including phenoxy) is 2. The molecular weight excluding hydrogens is 234 g/mol. The van der Waals surface area contributed by atoms with Crippen molar-refractivity contribution in [2.75, 3.05) is 6.61 Å². The molecule has 0 spiro atoms. The van der Waals surface area contributed by atoms with Crippen molar-refractivity contribution in [3.63, 3.8) is 0 Å². The Hall–Kier alpha value is -1.85. The summed E-state index contributed by atoms with van der Waals surface area (Å²) < 4.78 is 36.3. The van der Waals surface area contributed by atoms with Crippen molar-refractivity contribution in [3.8, 4) is 11.5 Å². The van der Waals surface area contributed by atoms with E-state index < -0.39 is 23.2 Å². The molecule has 0 aromatic heterocycles. The third-order valence-corrected chi connectivity index (χ3v) is 2.71. The molecule has 2 rings (SSSR count). The van der Waals surface area contributed by atoms with Gasteiger partial charge in [-0.25, -0.2) is 13.6 Å². The molecule has 0 radical (unpaired) electrons. The van der Waals surface area contributed by atoms with Gasteiger partial charge < -0.3 is 14.6 Å². The average Bonchev–Trinajstić information content (AvgIpc) is 2.30. The highest BCUT2D eigenvalue weighted by molar-refractivity contribution is 5.78. The lowest BCUT2D eigenvalue weighted by atomic mass is 10.0. The standard InChI is InChI=1S/C11H10F2O4/c1-2-11(10(14)15)5-16-8-3-6(12)7(13)4-9(8)17-11/h3-4H,2,5H2,1H3,(H,14,15)/t11-/m0/s1. The van der Waals surface area contributed by atoms with Gasteiger partial charge in [0.1, 0.15) is 6.61 Å². The Morgan fingerprint density at radius 2 is 2.00 bits per heavy atom. The van der Waals surface area contributed by atoms with Gasteiger partial charge in [0, 0.05) is 12.1 Å². The second-order valence-electron chi connectivity index (χ2n) is 3.76. The maximum absolute atomic E-state index is 13.0. The molecule has 4 nitrogen and oxygen atoms in total. The summed E-state index contributed by atoms with van der Waals surface area (Å²) in [4.78, 5) is 11.1. The first kappa shape index (κ1) is 11.6. The Bertz CT molecular complexity index is 475. The third kappa shape index (κ3) is 1.79. The molecular formula is C11H10F2O4. The van der Waals surface area contributed by atoms with E-state index >= 15 is 0 Å². The van der Waals surface area contributed by atoms with Crippen molar-refractivity contribution in [1.29, 1.82) is 0 Å². The van der Waals surface area contributed by atoms with E-state index in [4.69, 9.17) is 14.6 Å². The van der Waals surface area contributed by atoms with Crippen molar-refractivity contribution in [1.82, 2.24) is 0 Å². The van der Waals surface area contributed by atoms with Gasteiger partial charge >= 0.3 is 5.97 Å². The minimum Gasteiger partial charge on any atom is -0.485 e. The lowest BCUT2D eigenvalue weighted by molar-refractivity contribution is -0.161. The molecule has 0 amide bonds. The van der Waals surface area contributed by atoms with Crippen molar-refractivity contribution in [3.05, 3.63) is 23.8 Å². The second-order valence-corrected chi connectivity index (χ2v) is 3.76. The first-order valence-corrected chi connectivity index (χ1v) is 5.03. The smallest absolute Gasteiger partial charge is 0.351 e. The third-order valence-electron chi connectivity index (χ3n) is 2.71. The number of hydrogen-bond acceptors (Lipinski definition) is 3. The largest absolute Gasteiger partial charge is 0.485 e. The summed E-state index contributed by atoms with van der Waals surface area (Å²) in [5, 5.41) is 9.07. The fourth-order valence-electron chi connectivity index (χ4n) is 1.57. The maximum Gasteiger partial charge on any atom is 0.351 e. The molecule has 17 heavy (non-hydrogen) atoms. The number of rotatable bonds is 2. The number of fused-ring (bicyclic) bond motifs is 1. The molecule has 1 heterocycles. The van der Waals surface area contributed by atoms with Crippen LogP contribution in [0.3, 0.4) is 0 Å². The van der Waals surface area contributed by atoms with Crippen LogP contribution in [-0.2, 0) is 4.79 Å². The zero-order valence-electron chi connectivity index (χ0n) is 9.00. The van der Waals surface area contributed by atoms with Crippen molar-refractivity contribution in [2.45, 2.75) is 18.9 Å². The van der Waals surface area contributed by atoms with Crippen LogP contribution >= 0.6 is 0 Å². The highest BCUT2D eigenvalue weighted by atomic mass is 19.2. The molecule has 0 unspecified atom stereocenters. The molecule has 1 aliphatic rings. The summed E-state index contributed by atoms with van der Waals surface area (Å²) in [6.07, 6.45) is 0.154. The van der Waals surface area contributed by atoms with Crippen LogP contribution in [0.1, 0.15) is 13.3 Å². The Balaban J connectivity index is 2.42. The van der Waals surface area contributed by atoms with E-state index in [1.165, 1.54) is 0 Å². The van der Waals surface area contributed by atoms with E-state index in [9.17, 15) is 13.6 Å². The van der Waals surface area contributed by atoms with Gasteiger partial charge in [-0.3, -0.25) is 0 Å². The van der Waals surface area contributed by atoms with E-state index in [1.54, 1.807) is 6.92 Å². The number of benzene rings is 1. The molecule has 0 aliphatic carbocycles. The number of carboxylic acids is 1. The minimum absolute atomic E-state index is 0.00854. The van der Waals surface area contributed by atoms with Crippen LogP contribution in [0.2, 0.25) is 0 Å². The minimum atomic E-state index is -1.54. The summed E-state index contributed by atoms with van der Waals surface area (Å²) >= 11 is 0. The Kier molecular flexibility index (Phi) is 2.65. The monoisotopic (exact) mass is 244 g/mol. The summed E-state index contributed by atoms with van der Waals surface area (Å²) in [5.74, 6) is -3.46. The fourth-order valence-corrected chi connectivity index (χ4v) is 1.57. The van der Waals surface area contributed by atoms with Gasteiger partial charge in [0.2, 0.25) is 5.60 Å². The number of hydrogen-bond donors (Lipinski definition) is 1. The molecule has 0 fully saturated rings. The van der Waals surface area contributed by atoms with Crippen LogP contribution in [0.5, 0.6) is 11.5 Å². The van der Waals surface area contributed by atoms with Crippen LogP contribution in [0.25, 0.3) is 0 Å².